The summed E-state index contributed by atoms with van der Waals surface area (Å²) in [4.78, 5) is 27.4. The zero-order valence-electron chi connectivity index (χ0n) is 18.4. The number of carbonyl (C=O) groups is 1. The number of fused-ring (bicyclic) bond motifs is 1. The van der Waals surface area contributed by atoms with Gasteiger partial charge < -0.3 is 15.1 Å². The van der Waals surface area contributed by atoms with E-state index in [9.17, 15) is 4.79 Å². The van der Waals surface area contributed by atoms with Crippen molar-refractivity contribution in [3.63, 3.8) is 0 Å². The van der Waals surface area contributed by atoms with Crippen molar-refractivity contribution in [1.29, 1.82) is 0 Å². The van der Waals surface area contributed by atoms with Crippen LogP contribution in [-0.4, -0.2) is 48.6 Å². The van der Waals surface area contributed by atoms with Crippen molar-refractivity contribution in [2.45, 2.75) is 33.1 Å². The van der Waals surface area contributed by atoms with Crippen molar-refractivity contribution in [1.82, 2.24) is 15.3 Å². The topological polar surface area (TPSA) is 61.4 Å². The van der Waals surface area contributed by atoms with Crippen molar-refractivity contribution >= 4 is 38.4 Å². The number of rotatable bonds is 8. The Balaban J connectivity index is 1.20. The minimum Gasteiger partial charge on any atom is -0.372 e. The summed E-state index contributed by atoms with van der Waals surface area (Å²) in [5.41, 5.74) is 3.48. The number of thiazole rings is 1. The fourth-order valence-corrected chi connectivity index (χ4v) is 5.11. The lowest BCUT2D eigenvalue weighted by molar-refractivity contribution is -0.125. The number of amides is 1. The summed E-state index contributed by atoms with van der Waals surface area (Å²) in [7, 11) is 0. The standard InChI is InChI=1S/C24H31N5OS/c1-3-28(20-8-4-7-18(2)17-20)14-6-13-25-22(30)19-10-15-29(16-11-19)24-27-21-9-5-12-26-23(21)31-24/h4-5,7-9,12,17,19H,3,6,10-11,13-16H2,1-2H3,(H,25,30). The molecule has 0 unspecified atom stereocenters. The van der Waals surface area contributed by atoms with Gasteiger partial charge in [0, 0.05) is 50.5 Å². The zero-order chi connectivity index (χ0) is 21.6. The van der Waals surface area contributed by atoms with Crippen LogP contribution in [0, 0.1) is 12.8 Å². The summed E-state index contributed by atoms with van der Waals surface area (Å²) < 4.78 is 0. The lowest BCUT2D eigenvalue weighted by Gasteiger charge is -2.31. The third-order valence-corrected chi connectivity index (χ3v) is 6.98. The third-order valence-electron chi connectivity index (χ3n) is 5.94. The molecule has 0 spiro atoms. The molecule has 31 heavy (non-hydrogen) atoms. The summed E-state index contributed by atoms with van der Waals surface area (Å²) >= 11 is 1.63. The largest absolute Gasteiger partial charge is 0.372 e. The van der Waals surface area contributed by atoms with Crippen LogP contribution >= 0.6 is 11.3 Å². The maximum Gasteiger partial charge on any atom is 0.223 e. The van der Waals surface area contributed by atoms with Crippen LogP contribution in [0.15, 0.2) is 42.6 Å². The first-order chi connectivity index (χ1) is 15.1. The number of hydrogen-bond acceptors (Lipinski definition) is 6. The van der Waals surface area contributed by atoms with Crippen LogP contribution in [0.2, 0.25) is 0 Å². The summed E-state index contributed by atoms with van der Waals surface area (Å²) in [6.45, 7) is 8.68. The lowest BCUT2D eigenvalue weighted by Crippen LogP contribution is -2.41. The number of hydrogen-bond donors (Lipinski definition) is 1. The molecule has 1 aliphatic heterocycles. The van der Waals surface area contributed by atoms with E-state index in [2.05, 4.69) is 58.2 Å². The van der Waals surface area contributed by atoms with Crippen LogP contribution < -0.4 is 15.1 Å². The molecule has 6 nitrogen and oxygen atoms in total. The normalized spacial score (nSPS) is 14.7. The van der Waals surface area contributed by atoms with Gasteiger partial charge in [-0.25, -0.2) is 9.97 Å². The molecule has 0 atom stereocenters. The molecule has 1 fully saturated rings. The van der Waals surface area contributed by atoms with Gasteiger partial charge in [-0.1, -0.05) is 23.5 Å². The van der Waals surface area contributed by atoms with Gasteiger partial charge in [-0.3, -0.25) is 4.79 Å². The first-order valence-electron chi connectivity index (χ1n) is 11.2. The number of anilines is 2. The van der Waals surface area contributed by atoms with Gasteiger partial charge in [-0.05, 0) is 62.9 Å². The molecule has 3 heterocycles. The fraction of sp³-hybridized carbons (Fsp3) is 0.458. The van der Waals surface area contributed by atoms with Gasteiger partial charge in [0.05, 0.1) is 0 Å². The first kappa shape index (κ1) is 21.6. The van der Waals surface area contributed by atoms with Crippen molar-refractivity contribution in [3.8, 4) is 0 Å². The first-order valence-corrected chi connectivity index (χ1v) is 12.0. The predicted molar refractivity (Wildman–Crippen MR) is 129 cm³/mol. The third kappa shape index (κ3) is 5.34. The van der Waals surface area contributed by atoms with Gasteiger partial charge in [-0.2, -0.15) is 0 Å². The highest BCUT2D eigenvalue weighted by Crippen LogP contribution is 2.30. The van der Waals surface area contributed by atoms with E-state index in [1.54, 1.807) is 11.3 Å². The minimum atomic E-state index is 0.0998. The Bertz CT molecular complexity index is 979. The number of piperidine rings is 1. The van der Waals surface area contributed by atoms with E-state index in [1.807, 2.05) is 18.3 Å². The number of nitrogens with one attached hydrogen (secondary N) is 1. The lowest BCUT2D eigenvalue weighted by atomic mass is 9.96. The molecule has 1 aromatic carbocycles. The molecule has 164 valence electrons. The Kier molecular flexibility index (Phi) is 7.02. The number of aromatic nitrogens is 2. The molecular formula is C24H31N5OS. The van der Waals surface area contributed by atoms with Gasteiger partial charge in [0.15, 0.2) is 5.13 Å². The molecule has 2 aromatic heterocycles. The Morgan fingerprint density at radius 3 is 2.84 bits per heavy atom. The van der Waals surface area contributed by atoms with Crippen molar-refractivity contribution < 1.29 is 4.79 Å². The summed E-state index contributed by atoms with van der Waals surface area (Å²) in [6, 6.07) is 12.5. The molecule has 0 radical (unpaired) electrons. The zero-order valence-corrected chi connectivity index (χ0v) is 19.2. The summed E-state index contributed by atoms with van der Waals surface area (Å²) in [6.07, 6.45) is 4.51. The molecule has 0 aliphatic carbocycles. The SMILES string of the molecule is CCN(CCCNC(=O)C1CCN(c2nc3cccnc3s2)CC1)c1cccc(C)c1. The average molecular weight is 438 g/mol. The Morgan fingerprint density at radius 1 is 1.26 bits per heavy atom. The highest BCUT2D eigenvalue weighted by atomic mass is 32.1. The van der Waals surface area contributed by atoms with E-state index >= 15 is 0 Å². The number of benzene rings is 1. The van der Waals surface area contributed by atoms with E-state index in [0.29, 0.717) is 0 Å². The number of carbonyl (C=O) groups excluding carboxylic acids is 1. The van der Waals surface area contributed by atoms with Crippen LogP contribution in [0.5, 0.6) is 0 Å². The van der Waals surface area contributed by atoms with Crippen LogP contribution in [0.1, 0.15) is 31.7 Å². The Morgan fingerprint density at radius 2 is 2.10 bits per heavy atom. The van der Waals surface area contributed by atoms with Crippen LogP contribution in [0.25, 0.3) is 10.3 Å². The second kappa shape index (κ2) is 10.1. The molecule has 1 amide bonds. The number of pyridine rings is 1. The van der Waals surface area contributed by atoms with Crippen molar-refractivity contribution in [2.75, 3.05) is 42.5 Å². The van der Waals surface area contributed by atoms with Gasteiger partial charge >= 0.3 is 0 Å². The van der Waals surface area contributed by atoms with Crippen LogP contribution in [0.4, 0.5) is 10.8 Å². The van der Waals surface area contributed by atoms with Crippen molar-refractivity contribution in [2.24, 2.45) is 5.92 Å². The van der Waals surface area contributed by atoms with Gasteiger partial charge in [-0.15, -0.1) is 0 Å². The maximum atomic E-state index is 12.6. The molecule has 4 rings (SSSR count). The molecule has 0 bridgehead atoms. The molecule has 1 aliphatic rings. The van der Waals surface area contributed by atoms with E-state index in [4.69, 9.17) is 4.98 Å². The monoisotopic (exact) mass is 437 g/mol. The fourth-order valence-electron chi connectivity index (χ4n) is 4.15. The van der Waals surface area contributed by atoms with E-state index in [0.717, 1.165) is 67.5 Å². The number of aryl methyl sites for hydroxylation is 1. The second-order valence-corrected chi connectivity index (χ2v) is 9.10. The van der Waals surface area contributed by atoms with E-state index < -0.39 is 0 Å². The quantitative estimate of drug-likeness (QED) is 0.534. The molecular weight excluding hydrogens is 406 g/mol. The Hall–Kier alpha value is -2.67. The van der Waals surface area contributed by atoms with Crippen LogP contribution in [-0.2, 0) is 4.79 Å². The summed E-state index contributed by atoms with van der Waals surface area (Å²) in [5.74, 6) is 0.298. The molecule has 1 N–H and O–H groups in total. The molecule has 7 heteroatoms. The summed E-state index contributed by atoms with van der Waals surface area (Å²) in [5, 5.41) is 4.18. The highest BCUT2D eigenvalue weighted by molar-refractivity contribution is 7.21. The van der Waals surface area contributed by atoms with Crippen molar-refractivity contribution in [3.05, 3.63) is 48.2 Å². The molecule has 0 saturated carbocycles. The molecule has 1 saturated heterocycles. The minimum absolute atomic E-state index is 0.0998. The number of nitrogens with zero attached hydrogens (tertiary/aromatic N) is 4. The van der Waals surface area contributed by atoms with E-state index in [1.165, 1.54) is 11.3 Å². The highest BCUT2D eigenvalue weighted by Gasteiger charge is 2.26. The Labute approximate surface area is 188 Å². The van der Waals surface area contributed by atoms with E-state index in [-0.39, 0.29) is 11.8 Å². The van der Waals surface area contributed by atoms with Gasteiger partial charge in [0.25, 0.3) is 0 Å². The maximum absolute atomic E-state index is 12.6. The van der Waals surface area contributed by atoms with Gasteiger partial charge in [0.2, 0.25) is 5.91 Å². The predicted octanol–water partition coefficient (Wildman–Crippen LogP) is 4.25. The smallest absolute Gasteiger partial charge is 0.223 e. The molecule has 3 aromatic rings. The van der Waals surface area contributed by atoms with Gasteiger partial charge in [0.1, 0.15) is 10.3 Å². The van der Waals surface area contributed by atoms with Crippen LogP contribution in [0.3, 0.4) is 0 Å². The average Bonchev–Trinajstić information content (AvgIpc) is 3.23. The second-order valence-electron chi connectivity index (χ2n) is 8.15.